The number of hydrogen-bond donors (Lipinski definition) is 0. The zero-order valence-corrected chi connectivity index (χ0v) is 21.2. The maximum Gasteiger partial charge on any atom is 0.428 e. The van der Waals surface area contributed by atoms with Crippen LogP contribution in [-0.4, -0.2) is 47.5 Å². The zero-order chi connectivity index (χ0) is 24.4. The van der Waals surface area contributed by atoms with E-state index in [0.717, 1.165) is 12.8 Å². The van der Waals surface area contributed by atoms with Crippen LogP contribution >= 0.6 is 15.9 Å². The largest absolute Gasteiger partial charge is 0.492 e. The molecule has 0 aromatic heterocycles. The summed E-state index contributed by atoms with van der Waals surface area (Å²) in [6.45, 7) is 10.6. The molecule has 0 radical (unpaired) electrons. The molecule has 2 aliphatic heterocycles. The van der Waals surface area contributed by atoms with Crippen LogP contribution in [0.1, 0.15) is 59.9 Å². The van der Waals surface area contributed by atoms with Gasteiger partial charge < -0.3 is 18.9 Å². The first-order valence-corrected chi connectivity index (χ1v) is 11.6. The highest BCUT2D eigenvalue weighted by molar-refractivity contribution is 9.10. The van der Waals surface area contributed by atoms with Gasteiger partial charge in [-0.05, 0) is 76.4 Å². The number of aliphatic imine (C=N–C) groups is 1. The van der Waals surface area contributed by atoms with Crippen molar-refractivity contribution < 1.29 is 32.9 Å². The van der Waals surface area contributed by atoms with Crippen LogP contribution in [0.4, 0.5) is 14.0 Å². The molecular weight excluding hydrogens is 499 g/mol. The van der Waals surface area contributed by atoms with Crippen molar-refractivity contribution in [3.05, 3.63) is 28.0 Å². The summed E-state index contributed by atoms with van der Waals surface area (Å²) in [7, 11) is 0. The quantitative estimate of drug-likeness (QED) is 0.442. The fourth-order valence-corrected chi connectivity index (χ4v) is 4.41. The number of rotatable bonds is 0. The van der Waals surface area contributed by atoms with Crippen molar-refractivity contribution in [3.8, 4) is 5.75 Å². The van der Waals surface area contributed by atoms with Gasteiger partial charge in [-0.25, -0.2) is 19.0 Å². The lowest BCUT2D eigenvalue weighted by Crippen LogP contribution is -2.47. The molecule has 2 heterocycles. The fraction of sp³-hybridized carbons (Fsp3) is 0.609. The number of carbonyl (C=O) groups is 2. The molecule has 1 aromatic carbocycles. The third kappa shape index (κ3) is 4.29. The Morgan fingerprint density at radius 1 is 1.03 bits per heavy atom. The number of nitrogens with zero attached hydrogens (tertiary/aromatic N) is 2. The summed E-state index contributed by atoms with van der Waals surface area (Å²) < 4.78 is 37.1. The van der Waals surface area contributed by atoms with Gasteiger partial charge in [-0.1, -0.05) is 0 Å². The number of ether oxygens (including phenoxy) is 4. The van der Waals surface area contributed by atoms with Gasteiger partial charge in [-0.3, -0.25) is 0 Å². The number of imide groups is 1. The summed E-state index contributed by atoms with van der Waals surface area (Å²) in [6, 6.07) is 2.73. The number of carbonyl (C=O) groups excluding carboxylic acids is 2. The Kier molecular flexibility index (Phi) is 5.46. The van der Waals surface area contributed by atoms with Crippen molar-refractivity contribution in [3.63, 3.8) is 0 Å². The van der Waals surface area contributed by atoms with E-state index in [4.69, 9.17) is 23.9 Å². The third-order valence-electron chi connectivity index (χ3n) is 5.74. The number of hydrogen-bond acceptors (Lipinski definition) is 7. The van der Waals surface area contributed by atoms with Crippen molar-refractivity contribution in [2.45, 2.75) is 71.1 Å². The summed E-state index contributed by atoms with van der Waals surface area (Å²) in [6.07, 6.45) is -0.268. The molecule has 1 atom stereocenters. The van der Waals surface area contributed by atoms with E-state index in [1.54, 1.807) is 47.6 Å². The second-order valence-corrected chi connectivity index (χ2v) is 11.5. The van der Waals surface area contributed by atoms with Crippen LogP contribution in [0.25, 0.3) is 0 Å². The van der Waals surface area contributed by atoms with E-state index in [1.807, 2.05) is 0 Å². The van der Waals surface area contributed by atoms with Gasteiger partial charge in [0.2, 0.25) is 0 Å². The molecule has 33 heavy (non-hydrogen) atoms. The van der Waals surface area contributed by atoms with Crippen LogP contribution in [0.2, 0.25) is 0 Å². The van der Waals surface area contributed by atoms with Crippen LogP contribution in [0.15, 0.2) is 21.6 Å². The molecule has 0 saturated heterocycles. The van der Waals surface area contributed by atoms with Crippen molar-refractivity contribution in [2.24, 2.45) is 10.4 Å². The van der Waals surface area contributed by atoms with Crippen LogP contribution in [0.3, 0.4) is 0 Å². The summed E-state index contributed by atoms with van der Waals surface area (Å²) in [5.74, 6) is -0.0918. The highest BCUT2D eigenvalue weighted by Crippen LogP contribution is 2.65. The second kappa shape index (κ2) is 7.58. The normalized spacial score (nSPS) is 22.7. The van der Waals surface area contributed by atoms with E-state index in [1.165, 1.54) is 6.07 Å². The van der Waals surface area contributed by atoms with E-state index in [-0.39, 0.29) is 22.5 Å². The molecule has 10 heteroatoms. The number of halogens is 2. The molecule has 180 valence electrons. The van der Waals surface area contributed by atoms with E-state index in [9.17, 15) is 14.0 Å². The average molecular weight is 527 g/mol. The van der Waals surface area contributed by atoms with Gasteiger partial charge in [0.1, 0.15) is 34.9 Å². The molecule has 1 unspecified atom stereocenters. The summed E-state index contributed by atoms with van der Waals surface area (Å²) in [5, 5.41) is 0. The third-order valence-corrected chi connectivity index (χ3v) is 6.35. The molecular formula is C23H28BrFN2O6. The smallest absolute Gasteiger partial charge is 0.428 e. The lowest BCUT2D eigenvalue weighted by Gasteiger charge is -2.39. The predicted octanol–water partition coefficient (Wildman–Crippen LogP) is 5.51. The van der Waals surface area contributed by atoms with Gasteiger partial charge >= 0.3 is 18.2 Å². The molecule has 2 spiro atoms. The fourth-order valence-electron chi connectivity index (χ4n) is 4.07. The highest BCUT2D eigenvalue weighted by Gasteiger charge is 2.67. The standard InChI is InChI=1S/C23H28BrFN2O6/c1-20(2,3)32-18(28)27(19(29)33-21(4,5)6)17-26-23(12-31-17)13-9-14(24)15(25)10-16(13)30-11-22(23)7-8-22/h9-10H,7-8,11-12H2,1-6H3. The molecule has 3 aliphatic rings. The maximum absolute atomic E-state index is 14.2. The number of amides is 2. The Morgan fingerprint density at radius 3 is 2.12 bits per heavy atom. The molecule has 8 nitrogen and oxygen atoms in total. The molecule has 0 bridgehead atoms. The summed E-state index contributed by atoms with van der Waals surface area (Å²) >= 11 is 3.24. The van der Waals surface area contributed by atoms with Gasteiger partial charge in [-0.15, -0.1) is 4.90 Å². The summed E-state index contributed by atoms with van der Waals surface area (Å²) in [4.78, 5) is 31.5. The lowest BCUT2D eigenvalue weighted by atomic mass is 9.75. The molecule has 1 aliphatic carbocycles. The van der Waals surface area contributed by atoms with Gasteiger partial charge in [-0.2, -0.15) is 0 Å². The first-order valence-electron chi connectivity index (χ1n) is 10.8. The minimum absolute atomic E-state index is 0.0683. The van der Waals surface area contributed by atoms with Crippen molar-refractivity contribution in [1.82, 2.24) is 4.90 Å². The monoisotopic (exact) mass is 526 g/mol. The van der Waals surface area contributed by atoms with Crippen LogP contribution in [-0.2, 0) is 19.7 Å². The molecule has 1 saturated carbocycles. The summed E-state index contributed by atoms with van der Waals surface area (Å²) in [5.41, 5.74) is -2.39. The molecule has 4 rings (SSSR count). The van der Waals surface area contributed by atoms with Crippen LogP contribution in [0, 0.1) is 11.2 Å². The first-order chi connectivity index (χ1) is 15.2. The average Bonchev–Trinajstić information content (AvgIpc) is 3.31. The maximum atomic E-state index is 14.2. The first kappa shape index (κ1) is 23.8. The zero-order valence-electron chi connectivity index (χ0n) is 19.6. The minimum atomic E-state index is -0.954. The van der Waals surface area contributed by atoms with Crippen molar-refractivity contribution in [1.29, 1.82) is 0 Å². The van der Waals surface area contributed by atoms with E-state index in [2.05, 4.69) is 15.9 Å². The Balaban J connectivity index is 1.79. The lowest BCUT2D eigenvalue weighted by molar-refractivity contribution is 0.0104. The van der Waals surface area contributed by atoms with E-state index >= 15 is 0 Å². The SMILES string of the molecule is CC(C)(C)OC(=O)N(C(=O)OC(C)(C)C)C1=NC2(CO1)c1cc(Br)c(F)cc1OCC21CC1. The Labute approximate surface area is 200 Å². The van der Waals surface area contributed by atoms with Gasteiger partial charge in [0.15, 0.2) is 0 Å². The van der Waals surface area contributed by atoms with Gasteiger partial charge in [0.05, 0.1) is 11.1 Å². The minimum Gasteiger partial charge on any atom is -0.492 e. The van der Waals surface area contributed by atoms with Crippen LogP contribution in [0.5, 0.6) is 5.75 Å². The molecule has 2 amide bonds. The predicted molar refractivity (Wildman–Crippen MR) is 121 cm³/mol. The second-order valence-electron chi connectivity index (χ2n) is 10.7. The van der Waals surface area contributed by atoms with Gasteiger partial charge in [0, 0.05) is 17.0 Å². The van der Waals surface area contributed by atoms with Gasteiger partial charge in [0.25, 0.3) is 0 Å². The highest BCUT2D eigenvalue weighted by atomic mass is 79.9. The number of fused-ring (bicyclic) bond motifs is 3. The topological polar surface area (TPSA) is 86.7 Å². The molecule has 1 fully saturated rings. The van der Waals surface area contributed by atoms with Crippen LogP contribution < -0.4 is 4.74 Å². The Hall–Kier alpha value is -2.36. The molecule has 1 aromatic rings. The molecule has 0 N–H and O–H groups in total. The van der Waals surface area contributed by atoms with Crippen molar-refractivity contribution in [2.75, 3.05) is 13.2 Å². The Bertz CT molecular complexity index is 1010. The number of benzene rings is 1. The van der Waals surface area contributed by atoms with Crippen molar-refractivity contribution >= 4 is 34.1 Å². The van der Waals surface area contributed by atoms with E-state index in [0.29, 0.717) is 22.8 Å². The Morgan fingerprint density at radius 2 is 1.61 bits per heavy atom. The van der Waals surface area contributed by atoms with E-state index < -0.39 is 34.7 Å². The number of amidine groups is 1.